The van der Waals surface area contributed by atoms with E-state index in [2.05, 4.69) is 38.2 Å². The summed E-state index contributed by atoms with van der Waals surface area (Å²) < 4.78 is 25.2. The molecule has 1 aliphatic heterocycles. The number of benzene rings is 2. The van der Waals surface area contributed by atoms with E-state index >= 15 is 0 Å². The van der Waals surface area contributed by atoms with Crippen LogP contribution in [0.25, 0.3) is 0 Å². The van der Waals surface area contributed by atoms with Crippen molar-refractivity contribution in [2.24, 2.45) is 5.92 Å². The summed E-state index contributed by atoms with van der Waals surface area (Å²) >= 11 is 0. The third kappa shape index (κ3) is 10.8. The fourth-order valence-electron chi connectivity index (χ4n) is 3.16. The minimum atomic E-state index is -1.25. The second-order valence-corrected chi connectivity index (χ2v) is 9.91. The summed E-state index contributed by atoms with van der Waals surface area (Å²) in [7, 11) is -1.25. The number of rotatable bonds is 9. The second-order valence-electron chi connectivity index (χ2n) is 8.43. The summed E-state index contributed by atoms with van der Waals surface area (Å²) in [6.45, 7) is 9.16. The van der Waals surface area contributed by atoms with Crippen molar-refractivity contribution in [1.29, 1.82) is 0 Å². The molecule has 1 amide bonds. The van der Waals surface area contributed by atoms with Gasteiger partial charge in [-0.05, 0) is 43.5 Å². The number of carbonyl (C=O) groups is 1. The lowest BCUT2D eigenvalue weighted by Crippen LogP contribution is -2.34. The third-order valence-corrected chi connectivity index (χ3v) is 6.32. The number of carbonyl (C=O) groups excluding carboxylic acids is 1. The van der Waals surface area contributed by atoms with E-state index in [1.54, 1.807) is 24.3 Å². The van der Waals surface area contributed by atoms with Crippen LogP contribution in [0, 0.1) is 12.8 Å². The predicted molar refractivity (Wildman–Crippen MR) is 133 cm³/mol. The maximum Gasteiger partial charge on any atom is 0.407 e. The van der Waals surface area contributed by atoms with E-state index in [0.717, 1.165) is 11.3 Å². The molecular formula is C25H37N3O4S. The van der Waals surface area contributed by atoms with Crippen molar-refractivity contribution < 1.29 is 18.5 Å². The molecule has 0 spiro atoms. The van der Waals surface area contributed by atoms with Crippen LogP contribution in [0.2, 0.25) is 0 Å². The first-order valence-corrected chi connectivity index (χ1v) is 12.5. The highest BCUT2D eigenvalue weighted by Gasteiger charge is 2.20. The molecule has 8 heteroatoms. The summed E-state index contributed by atoms with van der Waals surface area (Å²) in [6, 6.07) is 17.4. The van der Waals surface area contributed by atoms with E-state index in [1.807, 2.05) is 22.5 Å². The van der Waals surface area contributed by atoms with Crippen LogP contribution in [-0.2, 0) is 20.5 Å². The lowest BCUT2D eigenvalue weighted by molar-refractivity contribution is 0.0831. The Hall–Kier alpha value is -2.42. The van der Waals surface area contributed by atoms with Crippen molar-refractivity contribution in [2.75, 3.05) is 38.6 Å². The molecular weight excluding hydrogens is 438 g/mol. The molecule has 0 saturated carbocycles. The molecule has 3 N–H and O–H groups in total. The van der Waals surface area contributed by atoms with Crippen LogP contribution in [0.1, 0.15) is 32.3 Å². The predicted octanol–water partition coefficient (Wildman–Crippen LogP) is 4.15. The third-order valence-electron chi connectivity index (χ3n) is 4.84. The van der Waals surface area contributed by atoms with Gasteiger partial charge >= 0.3 is 6.09 Å². The molecule has 3 rings (SSSR count). The fraction of sp³-hybridized carbons (Fsp3) is 0.480. The molecule has 1 heterocycles. The van der Waals surface area contributed by atoms with E-state index in [4.69, 9.17) is 15.2 Å². The van der Waals surface area contributed by atoms with Crippen LogP contribution >= 0.6 is 0 Å². The van der Waals surface area contributed by atoms with E-state index < -0.39 is 17.1 Å². The molecule has 0 aromatic heterocycles. The monoisotopic (exact) mass is 475 g/mol. The maximum absolute atomic E-state index is 12.8. The molecule has 1 unspecified atom stereocenters. The van der Waals surface area contributed by atoms with Gasteiger partial charge in [0.2, 0.25) is 0 Å². The molecule has 7 nitrogen and oxygen atoms in total. The van der Waals surface area contributed by atoms with Crippen LogP contribution in [0.4, 0.5) is 10.5 Å². The first-order valence-electron chi connectivity index (χ1n) is 11.4. The highest BCUT2D eigenvalue weighted by molar-refractivity contribution is 7.82. The van der Waals surface area contributed by atoms with Crippen molar-refractivity contribution in [3.05, 3.63) is 60.2 Å². The van der Waals surface area contributed by atoms with Gasteiger partial charge in [-0.3, -0.25) is 0 Å². The SMILES string of the molecule is CC(C)CN(CCCNC(=O)O[C@H]1CCOC1)S(=O)c1ccc(N)cc1.Cc1ccccc1. The van der Waals surface area contributed by atoms with Crippen LogP contribution in [0.15, 0.2) is 59.5 Å². The fourth-order valence-corrected chi connectivity index (χ4v) is 4.56. The number of ether oxygens (including phenoxy) is 2. The van der Waals surface area contributed by atoms with Crippen LogP contribution < -0.4 is 11.1 Å². The molecule has 2 atom stereocenters. The first kappa shape index (κ1) is 26.8. The Morgan fingerprint density at radius 1 is 1.21 bits per heavy atom. The number of nitrogens with zero attached hydrogens (tertiary/aromatic N) is 1. The molecule has 2 aromatic carbocycles. The number of nitrogens with one attached hydrogen (secondary N) is 1. The van der Waals surface area contributed by atoms with Gasteiger partial charge in [-0.25, -0.2) is 13.3 Å². The number of amides is 1. The molecule has 2 aromatic rings. The zero-order valence-corrected chi connectivity index (χ0v) is 20.7. The summed E-state index contributed by atoms with van der Waals surface area (Å²) in [4.78, 5) is 12.5. The lowest BCUT2D eigenvalue weighted by atomic mass is 10.2. The van der Waals surface area contributed by atoms with Gasteiger partial charge in [0.1, 0.15) is 17.1 Å². The maximum atomic E-state index is 12.8. The van der Waals surface area contributed by atoms with Gasteiger partial charge in [-0.2, -0.15) is 0 Å². The molecule has 0 radical (unpaired) electrons. The molecule has 33 heavy (non-hydrogen) atoms. The normalized spacial score (nSPS) is 16.2. The second kappa shape index (κ2) is 14.7. The van der Waals surface area contributed by atoms with Gasteiger partial charge in [-0.1, -0.05) is 49.7 Å². The Labute approximate surface area is 200 Å². The number of hydrogen-bond acceptors (Lipinski definition) is 5. The highest BCUT2D eigenvalue weighted by atomic mass is 32.2. The van der Waals surface area contributed by atoms with Gasteiger partial charge in [0, 0.05) is 31.7 Å². The molecule has 1 fully saturated rings. The van der Waals surface area contributed by atoms with Gasteiger partial charge in [0.25, 0.3) is 0 Å². The standard InChI is InChI=1S/C18H29N3O4S.C7H8/c1-14(2)12-21(26(23)17-6-4-15(19)5-7-17)10-3-9-20-18(22)25-16-8-11-24-13-16;1-7-5-3-2-4-6-7/h4-7,14,16H,3,8-13,19H2,1-2H3,(H,20,22);2-6H,1H3/t16-,26?;/m0./s1. The largest absolute Gasteiger partial charge is 0.444 e. The summed E-state index contributed by atoms with van der Waals surface area (Å²) in [5.41, 5.74) is 7.67. The lowest BCUT2D eigenvalue weighted by Gasteiger charge is -2.23. The summed E-state index contributed by atoms with van der Waals surface area (Å²) in [5, 5.41) is 2.75. The van der Waals surface area contributed by atoms with E-state index in [0.29, 0.717) is 50.9 Å². The Balaban J connectivity index is 0.000000468. The van der Waals surface area contributed by atoms with E-state index in [9.17, 15) is 9.00 Å². The minimum Gasteiger partial charge on any atom is -0.444 e. The van der Waals surface area contributed by atoms with Crippen molar-refractivity contribution in [3.63, 3.8) is 0 Å². The van der Waals surface area contributed by atoms with Crippen molar-refractivity contribution in [2.45, 2.75) is 44.6 Å². The molecule has 0 bridgehead atoms. The zero-order chi connectivity index (χ0) is 24.1. The first-order chi connectivity index (χ1) is 15.8. The van der Waals surface area contributed by atoms with Crippen molar-refractivity contribution in [3.8, 4) is 0 Å². The Morgan fingerprint density at radius 2 is 1.91 bits per heavy atom. The Kier molecular flexibility index (Phi) is 11.9. The molecule has 182 valence electrons. The number of alkyl carbamates (subject to hydrolysis) is 1. The van der Waals surface area contributed by atoms with E-state index in [1.165, 1.54) is 5.56 Å². The number of nitrogens with two attached hydrogens (primary N) is 1. The Morgan fingerprint density at radius 3 is 2.45 bits per heavy atom. The zero-order valence-electron chi connectivity index (χ0n) is 19.9. The molecule has 1 saturated heterocycles. The quantitative estimate of drug-likeness (QED) is 0.420. The average Bonchev–Trinajstić information content (AvgIpc) is 3.29. The average molecular weight is 476 g/mol. The molecule has 0 aliphatic carbocycles. The smallest absolute Gasteiger partial charge is 0.407 e. The summed E-state index contributed by atoms with van der Waals surface area (Å²) in [6.07, 6.45) is 0.862. The topological polar surface area (TPSA) is 93.9 Å². The van der Waals surface area contributed by atoms with Crippen molar-refractivity contribution in [1.82, 2.24) is 9.62 Å². The van der Waals surface area contributed by atoms with E-state index in [-0.39, 0.29) is 6.10 Å². The number of aryl methyl sites for hydroxylation is 1. The number of anilines is 1. The highest BCUT2D eigenvalue weighted by Crippen LogP contribution is 2.15. The van der Waals surface area contributed by atoms with Crippen molar-refractivity contribution >= 4 is 22.8 Å². The van der Waals surface area contributed by atoms with Gasteiger partial charge < -0.3 is 20.5 Å². The van der Waals surface area contributed by atoms with Gasteiger partial charge in [-0.15, -0.1) is 0 Å². The summed E-state index contributed by atoms with van der Waals surface area (Å²) in [5.74, 6) is 0.382. The Bertz CT molecular complexity index is 840. The van der Waals surface area contributed by atoms with Gasteiger partial charge in [0.05, 0.1) is 18.1 Å². The number of nitrogen functional groups attached to an aromatic ring is 1. The van der Waals surface area contributed by atoms with Crippen LogP contribution in [0.5, 0.6) is 0 Å². The number of hydrogen-bond donors (Lipinski definition) is 2. The minimum absolute atomic E-state index is 0.148. The van der Waals surface area contributed by atoms with Crippen LogP contribution in [0.3, 0.4) is 0 Å². The van der Waals surface area contributed by atoms with Crippen LogP contribution in [-0.4, -0.2) is 53.6 Å². The van der Waals surface area contributed by atoms with Gasteiger partial charge in [0.15, 0.2) is 0 Å². The molecule has 1 aliphatic rings.